The van der Waals surface area contributed by atoms with Gasteiger partial charge >= 0.3 is 0 Å². The largest absolute Gasteiger partial charge is 0.380 e. The first kappa shape index (κ1) is 14.6. The average Bonchev–Trinajstić information content (AvgIpc) is 3.02. The number of aryl methyl sites for hydroxylation is 1. The maximum Gasteiger partial charge on any atom is 0.283 e. The van der Waals surface area contributed by atoms with Crippen molar-refractivity contribution in [1.82, 2.24) is 19.7 Å². The number of carbonyl (C=O) groups is 1. The van der Waals surface area contributed by atoms with Crippen molar-refractivity contribution >= 4 is 5.91 Å². The van der Waals surface area contributed by atoms with Crippen molar-refractivity contribution in [2.45, 2.75) is 32.4 Å². The summed E-state index contributed by atoms with van der Waals surface area (Å²) in [5.74, 6) is -0.689. The summed E-state index contributed by atoms with van der Waals surface area (Å²) in [5, 5.41) is 7.85. The number of hydrogen-bond donors (Lipinski definition) is 0. The minimum atomic E-state index is -0.714. The molecule has 7 heteroatoms. The second kappa shape index (κ2) is 5.70. The molecule has 0 spiro atoms. The maximum absolute atomic E-state index is 13.9. The molecule has 0 aromatic carbocycles. The molecule has 1 saturated heterocycles. The van der Waals surface area contributed by atoms with Gasteiger partial charge in [-0.25, -0.2) is 4.39 Å². The lowest BCUT2D eigenvalue weighted by Gasteiger charge is -2.23. The van der Waals surface area contributed by atoms with Crippen molar-refractivity contribution in [2.75, 3.05) is 13.7 Å². The highest BCUT2D eigenvalue weighted by molar-refractivity contribution is 5.92. The Bertz CT molecular complexity index is 536. The van der Waals surface area contributed by atoms with Crippen molar-refractivity contribution in [2.24, 2.45) is 7.05 Å². The average molecular weight is 282 g/mol. The van der Waals surface area contributed by atoms with E-state index in [9.17, 15) is 9.18 Å². The number of aromatic nitrogens is 3. The van der Waals surface area contributed by atoms with E-state index in [1.165, 1.54) is 4.90 Å². The van der Waals surface area contributed by atoms with Gasteiger partial charge in [-0.2, -0.15) is 0 Å². The molecule has 1 aromatic rings. The van der Waals surface area contributed by atoms with Crippen LogP contribution in [0.5, 0.6) is 0 Å². The smallest absolute Gasteiger partial charge is 0.283 e. The summed E-state index contributed by atoms with van der Waals surface area (Å²) in [5.41, 5.74) is 0.368. The van der Waals surface area contributed by atoms with E-state index in [1.807, 2.05) is 0 Å². The normalized spacial score (nSPS) is 22.1. The molecule has 1 aliphatic heterocycles. The highest BCUT2D eigenvalue weighted by Crippen LogP contribution is 2.33. The predicted octanol–water partition coefficient (Wildman–Crippen LogP) is 1.37. The van der Waals surface area contributed by atoms with Crippen LogP contribution in [-0.2, 0) is 16.6 Å². The van der Waals surface area contributed by atoms with Crippen LogP contribution in [0.3, 0.4) is 0 Å². The molecule has 20 heavy (non-hydrogen) atoms. The SMILES string of the molecule is CO[C@@H]1C[C@@H](c2nncn2C)N(C(=O)C(F)=C(C)C)C1. The fraction of sp³-hybridized carbons (Fsp3) is 0.615. The third-order valence-corrected chi connectivity index (χ3v) is 3.53. The summed E-state index contributed by atoms with van der Waals surface area (Å²) in [6.45, 7) is 3.51. The maximum atomic E-state index is 13.9. The van der Waals surface area contributed by atoms with Crippen LogP contribution in [-0.4, -0.2) is 45.3 Å². The van der Waals surface area contributed by atoms with Gasteiger partial charge in [0, 0.05) is 27.1 Å². The summed E-state index contributed by atoms with van der Waals surface area (Å²) in [7, 11) is 3.39. The molecule has 1 amide bonds. The Balaban J connectivity index is 2.32. The molecule has 6 nitrogen and oxygen atoms in total. The van der Waals surface area contributed by atoms with Crippen LogP contribution in [0.1, 0.15) is 32.1 Å². The topological polar surface area (TPSA) is 60.3 Å². The number of hydrogen-bond acceptors (Lipinski definition) is 4. The zero-order valence-corrected chi connectivity index (χ0v) is 12.1. The highest BCUT2D eigenvalue weighted by atomic mass is 19.1. The Morgan fingerprint density at radius 3 is 2.70 bits per heavy atom. The van der Waals surface area contributed by atoms with E-state index >= 15 is 0 Å². The van der Waals surface area contributed by atoms with E-state index < -0.39 is 11.7 Å². The fourth-order valence-corrected chi connectivity index (χ4v) is 2.37. The molecule has 2 atom stereocenters. The van der Waals surface area contributed by atoms with Gasteiger partial charge in [-0.15, -0.1) is 10.2 Å². The standard InChI is InChI=1S/C13H19FN4O2/c1-8(2)11(14)13(19)18-6-9(20-4)5-10(18)12-16-15-7-17(12)3/h7,9-10H,5-6H2,1-4H3/t9-,10+/m1/s1. The highest BCUT2D eigenvalue weighted by Gasteiger charge is 2.40. The van der Waals surface area contributed by atoms with Gasteiger partial charge in [-0.1, -0.05) is 0 Å². The number of carbonyl (C=O) groups excluding carboxylic acids is 1. The van der Waals surface area contributed by atoms with Crippen LogP contribution in [0.15, 0.2) is 17.7 Å². The van der Waals surface area contributed by atoms with E-state index in [2.05, 4.69) is 10.2 Å². The van der Waals surface area contributed by atoms with E-state index in [4.69, 9.17) is 4.74 Å². The molecule has 1 fully saturated rings. The molecule has 0 aliphatic carbocycles. The van der Waals surface area contributed by atoms with Gasteiger partial charge in [-0.05, 0) is 19.4 Å². The summed E-state index contributed by atoms with van der Waals surface area (Å²) < 4.78 is 21.0. The number of likely N-dealkylation sites (tertiary alicyclic amines) is 1. The zero-order chi connectivity index (χ0) is 14.9. The van der Waals surface area contributed by atoms with Crippen molar-refractivity contribution in [3.63, 3.8) is 0 Å². The number of halogens is 1. The summed E-state index contributed by atoms with van der Waals surface area (Å²) in [6.07, 6.45) is 2.03. The van der Waals surface area contributed by atoms with Crippen molar-refractivity contribution in [3.05, 3.63) is 23.6 Å². The molecule has 1 aromatic heterocycles. The first-order valence-electron chi connectivity index (χ1n) is 6.46. The summed E-state index contributed by atoms with van der Waals surface area (Å²) >= 11 is 0. The van der Waals surface area contributed by atoms with Crippen LogP contribution in [0.25, 0.3) is 0 Å². The second-order valence-electron chi connectivity index (χ2n) is 5.18. The van der Waals surface area contributed by atoms with Crippen LogP contribution in [0, 0.1) is 0 Å². The molecule has 2 rings (SSSR count). The van der Waals surface area contributed by atoms with Crippen LogP contribution in [0.4, 0.5) is 4.39 Å². The molecule has 2 heterocycles. The Morgan fingerprint density at radius 2 is 2.20 bits per heavy atom. The monoisotopic (exact) mass is 282 g/mol. The van der Waals surface area contributed by atoms with Gasteiger partial charge in [0.25, 0.3) is 5.91 Å². The van der Waals surface area contributed by atoms with Gasteiger partial charge in [0.2, 0.25) is 0 Å². The first-order valence-corrected chi connectivity index (χ1v) is 6.46. The molecule has 110 valence electrons. The Kier molecular flexibility index (Phi) is 4.17. The second-order valence-corrected chi connectivity index (χ2v) is 5.18. The molecular formula is C13H19FN4O2. The minimum absolute atomic E-state index is 0.120. The lowest BCUT2D eigenvalue weighted by atomic mass is 10.2. The number of nitrogens with zero attached hydrogens (tertiary/aromatic N) is 4. The number of methoxy groups -OCH3 is 1. The minimum Gasteiger partial charge on any atom is -0.380 e. The molecule has 0 saturated carbocycles. The quantitative estimate of drug-likeness (QED) is 0.786. The van der Waals surface area contributed by atoms with Gasteiger partial charge in [0.1, 0.15) is 6.33 Å². The number of rotatable bonds is 3. The van der Waals surface area contributed by atoms with E-state index in [0.29, 0.717) is 24.4 Å². The molecular weight excluding hydrogens is 263 g/mol. The summed E-state index contributed by atoms with van der Waals surface area (Å²) in [6, 6.07) is -0.315. The van der Waals surface area contributed by atoms with E-state index in [1.54, 1.807) is 38.9 Å². The molecule has 0 unspecified atom stereocenters. The van der Waals surface area contributed by atoms with Gasteiger partial charge < -0.3 is 14.2 Å². The lowest BCUT2D eigenvalue weighted by molar-refractivity contribution is -0.130. The van der Waals surface area contributed by atoms with E-state index in [0.717, 1.165) is 0 Å². The fourth-order valence-electron chi connectivity index (χ4n) is 2.37. The van der Waals surface area contributed by atoms with Crippen LogP contribution < -0.4 is 0 Å². The van der Waals surface area contributed by atoms with E-state index in [-0.39, 0.29) is 12.1 Å². The van der Waals surface area contributed by atoms with Gasteiger partial charge in [-0.3, -0.25) is 4.79 Å². The van der Waals surface area contributed by atoms with Crippen molar-refractivity contribution in [3.8, 4) is 0 Å². The van der Waals surface area contributed by atoms with Crippen molar-refractivity contribution < 1.29 is 13.9 Å². The van der Waals surface area contributed by atoms with Crippen LogP contribution >= 0.6 is 0 Å². The Morgan fingerprint density at radius 1 is 1.50 bits per heavy atom. The van der Waals surface area contributed by atoms with Crippen LogP contribution in [0.2, 0.25) is 0 Å². The predicted molar refractivity (Wildman–Crippen MR) is 70.4 cm³/mol. The zero-order valence-electron chi connectivity index (χ0n) is 12.1. The van der Waals surface area contributed by atoms with Gasteiger partial charge in [0.15, 0.2) is 11.7 Å². The first-order chi connectivity index (χ1) is 9.45. The molecule has 1 aliphatic rings. The van der Waals surface area contributed by atoms with Gasteiger partial charge in [0.05, 0.1) is 12.1 Å². The number of allylic oxidation sites excluding steroid dienone is 1. The Hall–Kier alpha value is -1.76. The number of ether oxygens (including phenoxy) is 1. The molecule has 0 N–H and O–H groups in total. The summed E-state index contributed by atoms with van der Waals surface area (Å²) in [4.78, 5) is 13.7. The lowest BCUT2D eigenvalue weighted by Crippen LogP contribution is -2.33. The molecule has 0 radical (unpaired) electrons. The third kappa shape index (κ3) is 2.58. The number of amides is 1. The molecule has 0 bridgehead atoms. The third-order valence-electron chi connectivity index (χ3n) is 3.53. The van der Waals surface area contributed by atoms with Crippen molar-refractivity contribution in [1.29, 1.82) is 0 Å². The Labute approximate surface area is 117 Å².